The van der Waals surface area contributed by atoms with Gasteiger partial charge in [0.2, 0.25) is 0 Å². The SMILES string of the molecule is CC[C@H](O)[C@@H](N)Cc1ccccc1. The van der Waals surface area contributed by atoms with Gasteiger partial charge in [-0.05, 0) is 18.4 Å². The van der Waals surface area contributed by atoms with E-state index in [-0.39, 0.29) is 12.1 Å². The van der Waals surface area contributed by atoms with Gasteiger partial charge in [-0.25, -0.2) is 0 Å². The second kappa shape index (κ2) is 5.00. The van der Waals surface area contributed by atoms with E-state index >= 15 is 0 Å². The highest BCUT2D eigenvalue weighted by Crippen LogP contribution is 2.05. The van der Waals surface area contributed by atoms with E-state index < -0.39 is 0 Å². The van der Waals surface area contributed by atoms with Crippen LogP contribution in [0.2, 0.25) is 0 Å². The normalized spacial score (nSPS) is 15.3. The molecule has 3 N–H and O–H groups in total. The molecule has 0 aliphatic heterocycles. The molecule has 0 amide bonds. The summed E-state index contributed by atoms with van der Waals surface area (Å²) in [5, 5.41) is 9.46. The third kappa shape index (κ3) is 3.17. The lowest BCUT2D eigenvalue weighted by atomic mass is 10.0. The summed E-state index contributed by atoms with van der Waals surface area (Å²) in [5.74, 6) is 0. The number of hydrogen-bond acceptors (Lipinski definition) is 2. The maximum Gasteiger partial charge on any atom is 0.0691 e. The van der Waals surface area contributed by atoms with Gasteiger partial charge in [-0.15, -0.1) is 0 Å². The van der Waals surface area contributed by atoms with Crippen LogP contribution in [-0.2, 0) is 6.42 Å². The van der Waals surface area contributed by atoms with E-state index in [9.17, 15) is 5.11 Å². The lowest BCUT2D eigenvalue weighted by Crippen LogP contribution is -2.36. The number of rotatable bonds is 4. The first-order valence-corrected chi connectivity index (χ1v) is 4.71. The summed E-state index contributed by atoms with van der Waals surface area (Å²) in [6.45, 7) is 1.94. The van der Waals surface area contributed by atoms with Crippen molar-refractivity contribution in [2.75, 3.05) is 0 Å². The minimum Gasteiger partial charge on any atom is -0.392 e. The van der Waals surface area contributed by atoms with Crippen LogP contribution in [0, 0.1) is 0 Å². The molecule has 0 spiro atoms. The Hall–Kier alpha value is -0.860. The van der Waals surface area contributed by atoms with Gasteiger partial charge >= 0.3 is 0 Å². The minimum absolute atomic E-state index is 0.146. The Balaban J connectivity index is 2.50. The van der Waals surface area contributed by atoms with Gasteiger partial charge in [-0.2, -0.15) is 0 Å². The van der Waals surface area contributed by atoms with E-state index in [0.717, 1.165) is 6.42 Å². The smallest absolute Gasteiger partial charge is 0.0691 e. The highest BCUT2D eigenvalue weighted by Gasteiger charge is 2.12. The van der Waals surface area contributed by atoms with Crippen molar-refractivity contribution in [3.8, 4) is 0 Å². The Morgan fingerprint density at radius 2 is 1.92 bits per heavy atom. The van der Waals surface area contributed by atoms with Gasteiger partial charge in [-0.3, -0.25) is 0 Å². The van der Waals surface area contributed by atoms with Crippen LogP contribution < -0.4 is 5.73 Å². The fourth-order valence-electron chi connectivity index (χ4n) is 1.33. The van der Waals surface area contributed by atoms with Gasteiger partial charge in [0.25, 0.3) is 0 Å². The molecule has 2 atom stereocenters. The van der Waals surface area contributed by atoms with Gasteiger partial charge in [0.15, 0.2) is 0 Å². The van der Waals surface area contributed by atoms with Crippen molar-refractivity contribution in [3.63, 3.8) is 0 Å². The third-order valence-corrected chi connectivity index (χ3v) is 2.23. The second-order valence-electron chi connectivity index (χ2n) is 3.33. The van der Waals surface area contributed by atoms with E-state index in [1.54, 1.807) is 0 Å². The monoisotopic (exact) mass is 179 g/mol. The van der Waals surface area contributed by atoms with Gasteiger partial charge in [0.05, 0.1) is 6.10 Å². The molecule has 72 valence electrons. The summed E-state index contributed by atoms with van der Waals surface area (Å²) in [6.07, 6.45) is 1.07. The van der Waals surface area contributed by atoms with Crippen LogP contribution in [0.4, 0.5) is 0 Å². The van der Waals surface area contributed by atoms with E-state index in [4.69, 9.17) is 5.73 Å². The van der Waals surface area contributed by atoms with Crippen molar-refractivity contribution in [2.24, 2.45) is 5.73 Å². The number of aliphatic hydroxyl groups excluding tert-OH is 1. The molecule has 0 bridgehead atoms. The maximum atomic E-state index is 9.46. The molecule has 2 heteroatoms. The summed E-state index contributed by atoms with van der Waals surface area (Å²) in [4.78, 5) is 0. The molecule has 0 unspecified atom stereocenters. The third-order valence-electron chi connectivity index (χ3n) is 2.23. The molecule has 0 heterocycles. The van der Waals surface area contributed by atoms with E-state index in [2.05, 4.69) is 0 Å². The van der Waals surface area contributed by atoms with Crippen LogP contribution >= 0.6 is 0 Å². The molecule has 0 fully saturated rings. The first-order chi connectivity index (χ1) is 6.24. The Labute approximate surface area is 79.4 Å². The van der Waals surface area contributed by atoms with Crippen LogP contribution in [0.5, 0.6) is 0 Å². The maximum absolute atomic E-state index is 9.46. The Bertz CT molecular complexity index is 235. The van der Waals surface area contributed by atoms with Gasteiger partial charge in [0.1, 0.15) is 0 Å². The molecule has 0 saturated carbocycles. The van der Waals surface area contributed by atoms with E-state index in [1.807, 2.05) is 37.3 Å². The fourth-order valence-corrected chi connectivity index (χ4v) is 1.33. The van der Waals surface area contributed by atoms with Gasteiger partial charge < -0.3 is 10.8 Å². The van der Waals surface area contributed by atoms with Crippen molar-refractivity contribution < 1.29 is 5.11 Å². The standard InChI is InChI=1S/C11H17NO/c1-2-11(13)10(12)8-9-6-4-3-5-7-9/h3-7,10-11,13H,2,8,12H2,1H3/t10-,11-/m0/s1. The zero-order valence-corrected chi connectivity index (χ0v) is 7.98. The highest BCUT2D eigenvalue weighted by molar-refractivity contribution is 5.16. The molecular formula is C11H17NO. The molecule has 1 aromatic carbocycles. The van der Waals surface area contributed by atoms with E-state index in [1.165, 1.54) is 5.56 Å². The molecule has 0 radical (unpaired) electrons. The quantitative estimate of drug-likeness (QED) is 0.732. The fraction of sp³-hybridized carbons (Fsp3) is 0.455. The Kier molecular flexibility index (Phi) is 3.93. The van der Waals surface area contributed by atoms with Crippen LogP contribution in [0.1, 0.15) is 18.9 Å². The lowest BCUT2D eigenvalue weighted by molar-refractivity contribution is 0.140. The van der Waals surface area contributed by atoms with Crippen LogP contribution in [0.15, 0.2) is 30.3 Å². The molecule has 2 nitrogen and oxygen atoms in total. The zero-order chi connectivity index (χ0) is 9.68. The zero-order valence-electron chi connectivity index (χ0n) is 7.98. The van der Waals surface area contributed by atoms with Crippen molar-refractivity contribution in [3.05, 3.63) is 35.9 Å². The van der Waals surface area contributed by atoms with E-state index in [0.29, 0.717) is 6.42 Å². The summed E-state index contributed by atoms with van der Waals surface area (Å²) in [6, 6.07) is 9.86. The lowest BCUT2D eigenvalue weighted by Gasteiger charge is -2.16. The molecule has 0 aliphatic carbocycles. The number of aliphatic hydroxyl groups is 1. The first-order valence-electron chi connectivity index (χ1n) is 4.71. The average Bonchev–Trinajstić information content (AvgIpc) is 2.18. The van der Waals surface area contributed by atoms with Crippen molar-refractivity contribution in [1.29, 1.82) is 0 Å². The van der Waals surface area contributed by atoms with Crippen molar-refractivity contribution in [1.82, 2.24) is 0 Å². The molecular weight excluding hydrogens is 162 g/mol. The first kappa shape index (κ1) is 10.2. The molecule has 0 aromatic heterocycles. The molecule has 1 rings (SSSR count). The molecule has 0 aliphatic rings. The highest BCUT2D eigenvalue weighted by atomic mass is 16.3. The summed E-state index contributed by atoms with van der Waals surface area (Å²) < 4.78 is 0. The van der Waals surface area contributed by atoms with Crippen LogP contribution in [0.3, 0.4) is 0 Å². The predicted molar refractivity (Wildman–Crippen MR) is 54.4 cm³/mol. The molecule has 13 heavy (non-hydrogen) atoms. The Morgan fingerprint density at radius 1 is 1.31 bits per heavy atom. The summed E-state index contributed by atoms with van der Waals surface area (Å²) in [5.41, 5.74) is 6.99. The minimum atomic E-state index is -0.389. The molecule has 1 aromatic rings. The molecule has 0 saturated heterocycles. The average molecular weight is 179 g/mol. The predicted octanol–water partition coefficient (Wildman–Crippen LogP) is 1.33. The summed E-state index contributed by atoms with van der Waals surface area (Å²) >= 11 is 0. The van der Waals surface area contributed by atoms with Gasteiger partial charge in [0, 0.05) is 6.04 Å². The van der Waals surface area contributed by atoms with Gasteiger partial charge in [-0.1, -0.05) is 37.3 Å². The summed E-state index contributed by atoms with van der Waals surface area (Å²) in [7, 11) is 0. The van der Waals surface area contributed by atoms with Crippen molar-refractivity contribution >= 4 is 0 Å². The van der Waals surface area contributed by atoms with Crippen LogP contribution in [-0.4, -0.2) is 17.3 Å². The Morgan fingerprint density at radius 3 is 2.46 bits per heavy atom. The topological polar surface area (TPSA) is 46.2 Å². The van der Waals surface area contributed by atoms with Crippen molar-refractivity contribution in [2.45, 2.75) is 31.9 Å². The number of nitrogens with two attached hydrogens (primary N) is 1. The largest absolute Gasteiger partial charge is 0.392 e. The second-order valence-corrected chi connectivity index (χ2v) is 3.33. The van der Waals surface area contributed by atoms with Crippen LogP contribution in [0.25, 0.3) is 0 Å². The number of benzene rings is 1. The number of hydrogen-bond donors (Lipinski definition) is 2.